The van der Waals surface area contributed by atoms with Gasteiger partial charge >= 0.3 is 6.36 Å². The highest BCUT2D eigenvalue weighted by Gasteiger charge is 2.31. The molecule has 0 radical (unpaired) electrons. The predicted molar refractivity (Wildman–Crippen MR) is 117 cm³/mol. The summed E-state index contributed by atoms with van der Waals surface area (Å²) in [5.41, 5.74) is 5.98. The maximum Gasteiger partial charge on any atom is 0.573 e. The number of ether oxygens (including phenoxy) is 3. The molecule has 0 amide bonds. The summed E-state index contributed by atoms with van der Waals surface area (Å²) in [4.78, 5) is 4.83. The monoisotopic (exact) mass is 445 g/mol. The van der Waals surface area contributed by atoms with E-state index in [1.165, 1.54) is 35.4 Å². The van der Waals surface area contributed by atoms with Gasteiger partial charge in [-0.25, -0.2) is 0 Å². The zero-order chi connectivity index (χ0) is 23.3. The zero-order valence-electron chi connectivity index (χ0n) is 18.5. The molecule has 0 bridgehead atoms. The molecule has 0 aliphatic rings. The summed E-state index contributed by atoms with van der Waals surface area (Å²) >= 11 is 0. The Balaban J connectivity index is 1.86. The Hall–Kier alpha value is -3.22. The van der Waals surface area contributed by atoms with Crippen molar-refractivity contribution in [2.24, 2.45) is 0 Å². The molecule has 170 valence electrons. The molecule has 0 N–H and O–H groups in total. The van der Waals surface area contributed by atoms with E-state index in [1.807, 2.05) is 13.0 Å². The standard InChI is InChI=1S/C25H26F3NO3/c1-5-17-8-7-9-18(6-2)24(17)22-14-23(30-4)21(16(3)29-22)15-31-19-10-12-20(13-11-19)32-25(26,27)28/h7-14H,5-6,15H2,1-4H3. The summed E-state index contributed by atoms with van der Waals surface area (Å²) in [6, 6.07) is 13.5. The number of hydrogen-bond donors (Lipinski definition) is 0. The van der Waals surface area contributed by atoms with Gasteiger partial charge in [0.2, 0.25) is 0 Å². The van der Waals surface area contributed by atoms with Crippen molar-refractivity contribution in [1.82, 2.24) is 4.98 Å². The van der Waals surface area contributed by atoms with Crippen LogP contribution in [0.25, 0.3) is 11.3 Å². The van der Waals surface area contributed by atoms with Crippen LogP contribution in [0.3, 0.4) is 0 Å². The summed E-state index contributed by atoms with van der Waals surface area (Å²) in [6.07, 6.45) is -2.94. The van der Waals surface area contributed by atoms with Crippen molar-refractivity contribution in [3.63, 3.8) is 0 Å². The minimum absolute atomic E-state index is 0.165. The van der Waals surface area contributed by atoms with Crippen molar-refractivity contribution in [2.45, 2.75) is 46.6 Å². The van der Waals surface area contributed by atoms with Gasteiger partial charge in [-0.2, -0.15) is 0 Å². The van der Waals surface area contributed by atoms with Gasteiger partial charge in [0.15, 0.2) is 0 Å². The van der Waals surface area contributed by atoms with Crippen molar-refractivity contribution < 1.29 is 27.4 Å². The van der Waals surface area contributed by atoms with E-state index in [4.69, 9.17) is 14.5 Å². The number of hydrogen-bond acceptors (Lipinski definition) is 4. The maximum atomic E-state index is 12.3. The molecule has 0 atom stereocenters. The van der Waals surface area contributed by atoms with Gasteiger partial charge in [0.25, 0.3) is 0 Å². The minimum atomic E-state index is -4.73. The number of alkyl halides is 3. The second kappa shape index (κ2) is 9.94. The van der Waals surface area contributed by atoms with Crippen LogP contribution in [-0.2, 0) is 19.4 Å². The number of pyridine rings is 1. The van der Waals surface area contributed by atoms with Gasteiger partial charge in [-0.05, 0) is 55.2 Å². The molecule has 1 heterocycles. The summed E-state index contributed by atoms with van der Waals surface area (Å²) in [6.45, 7) is 6.30. The van der Waals surface area contributed by atoms with Crippen LogP contribution in [0.1, 0.15) is 36.2 Å². The topological polar surface area (TPSA) is 40.6 Å². The van der Waals surface area contributed by atoms with E-state index in [1.54, 1.807) is 7.11 Å². The lowest BCUT2D eigenvalue weighted by Crippen LogP contribution is -2.16. The van der Waals surface area contributed by atoms with E-state index in [2.05, 4.69) is 36.8 Å². The SMILES string of the molecule is CCc1cccc(CC)c1-c1cc(OC)c(COc2ccc(OC(F)(F)F)cc2)c(C)n1. The zero-order valence-corrected chi connectivity index (χ0v) is 18.5. The molecule has 3 rings (SSSR count). The number of aromatic nitrogens is 1. The summed E-state index contributed by atoms with van der Waals surface area (Å²) < 4.78 is 52.2. The highest BCUT2D eigenvalue weighted by atomic mass is 19.4. The van der Waals surface area contributed by atoms with E-state index < -0.39 is 6.36 Å². The van der Waals surface area contributed by atoms with E-state index in [0.717, 1.165) is 35.4 Å². The molecule has 32 heavy (non-hydrogen) atoms. The number of halogens is 3. The van der Waals surface area contributed by atoms with Gasteiger partial charge in [0.1, 0.15) is 23.9 Å². The average Bonchev–Trinajstić information content (AvgIpc) is 2.77. The first-order valence-corrected chi connectivity index (χ1v) is 10.4. The molecular formula is C25H26F3NO3. The van der Waals surface area contributed by atoms with E-state index in [-0.39, 0.29) is 12.4 Å². The van der Waals surface area contributed by atoms with Crippen molar-refractivity contribution >= 4 is 0 Å². The molecule has 1 aromatic heterocycles. The molecule has 0 aliphatic heterocycles. The first-order chi connectivity index (χ1) is 15.3. The largest absolute Gasteiger partial charge is 0.573 e. The third-order valence-electron chi connectivity index (χ3n) is 5.21. The Labute approximate surface area is 186 Å². The highest BCUT2D eigenvalue weighted by molar-refractivity contribution is 5.70. The van der Waals surface area contributed by atoms with Crippen molar-refractivity contribution in [3.8, 4) is 28.5 Å². The molecule has 0 saturated heterocycles. The van der Waals surface area contributed by atoms with Gasteiger partial charge in [-0.3, -0.25) is 4.98 Å². The van der Waals surface area contributed by atoms with Gasteiger partial charge in [0, 0.05) is 17.3 Å². The Morgan fingerprint density at radius 1 is 0.906 bits per heavy atom. The average molecular weight is 445 g/mol. The number of rotatable bonds is 8. The van der Waals surface area contributed by atoms with Crippen molar-refractivity contribution in [2.75, 3.05) is 7.11 Å². The van der Waals surface area contributed by atoms with Gasteiger partial charge < -0.3 is 14.2 Å². The first-order valence-electron chi connectivity index (χ1n) is 10.4. The van der Waals surface area contributed by atoms with Gasteiger partial charge in [-0.15, -0.1) is 13.2 Å². The lowest BCUT2D eigenvalue weighted by Gasteiger charge is -2.17. The van der Waals surface area contributed by atoms with Crippen LogP contribution < -0.4 is 14.2 Å². The van der Waals surface area contributed by atoms with Crippen LogP contribution in [0.4, 0.5) is 13.2 Å². The summed E-state index contributed by atoms with van der Waals surface area (Å²) in [5, 5.41) is 0. The number of benzene rings is 2. The van der Waals surface area contributed by atoms with E-state index >= 15 is 0 Å². The molecule has 2 aromatic carbocycles. The van der Waals surface area contributed by atoms with Crippen LogP contribution in [0.2, 0.25) is 0 Å². The molecule has 7 heteroatoms. The fourth-order valence-electron chi connectivity index (χ4n) is 3.62. The van der Waals surface area contributed by atoms with Crippen molar-refractivity contribution in [1.29, 1.82) is 0 Å². The van der Waals surface area contributed by atoms with Crippen LogP contribution in [0.15, 0.2) is 48.5 Å². The summed E-state index contributed by atoms with van der Waals surface area (Å²) in [7, 11) is 1.60. The minimum Gasteiger partial charge on any atom is -0.496 e. The lowest BCUT2D eigenvalue weighted by atomic mass is 9.94. The quantitative estimate of drug-likeness (QED) is 0.388. The maximum absolute atomic E-state index is 12.3. The van der Waals surface area contributed by atoms with Crippen LogP contribution in [0.5, 0.6) is 17.2 Å². The normalized spacial score (nSPS) is 11.3. The Morgan fingerprint density at radius 3 is 2.03 bits per heavy atom. The molecule has 4 nitrogen and oxygen atoms in total. The molecule has 0 saturated carbocycles. The third kappa shape index (κ3) is 5.52. The summed E-state index contributed by atoms with van der Waals surface area (Å²) in [5.74, 6) is 0.762. The fraction of sp³-hybridized carbons (Fsp3) is 0.320. The predicted octanol–water partition coefficient (Wildman–Crippen LogP) is 6.67. The van der Waals surface area contributed by atoms with Crippen LogP contribution in [0, 0.1) is 6.92 Å². The Kier molecular flexibility index (Phi) is 7.28. The Bertz CT molecular complexity index is 1040. The molecule has 0 spiro atoms. The molecule has 0 unspecified atom stereocenters. The highest BCUT2D eigenvalue weighted by Crippen LogP contribution is 2.33. The van der Waals surface area contributed by atoms with Gasteiger partial charge in [0.05, 0.1) is 18.4 Å². The van der Waals surface area contributed by atoms with Crippen molar-refractivity contribution in [3.05, 3.63) is 70.9 Å². The molecule has 0 fully saturated rings. The Morgan fingerprint density at radius 2 is 1.50 bits per heavy atom. The van der Waals surface area contributed by atoms with Gasteiger partial charge in [-0.1, -0.05) is 32.0 Å². The number of nitrogens with zero attached hydrogens (tertiary/aromatic N) is 1. The fourth-order valence-corrected chi connectivity index (χ4v) is 3.62. The first kappa shape index (κ1) is 23.4. The second-order valence-electron chi connectivity index (χ2n) is 7.24. The van der Waals surface area contributed by atoms with Crippen LogP contribution >= 0.6 is 0 Å². The van der Waals surface area contributed by atoms with E-state index in [0.29, 0.717) is 11.5 Å². The molecular weight excluding hydrogens is 419 g/mol. The molecule has 3 aromatic rings. The smallest absolute Gasteiger partial charge is 0.496 e. The van der Waals surface area contributed by atoms with E-state index in [9.17, 15) is 13.2 Å². The van der Waals surface area contributed by atoms with Crippen LogP contribution in [-0.4, -0.2) is 18.5 Å². The number of methoxy groups -OCH3 is 1. The third-order valence-corrected chi connectivity index (χ3v) is 5.21. The lowest BCUT2D eigenvalue weighted by molar-refractivity contribution is -0.274. The number of aryl methyl sites for hydroxylation is 3. The second-order valence-corrected chi connectivity index (χ2v) is 7.24. The molecule has 0 aliphatic carbocycles.